The lowest BCUT2D eigenvalue weighted by Crippen LogP contribution is -2.28. The Kier molecular flexibility index (Phi) is 6.70. The smallest absolute Gasteiger partial charge is 0.250 e. The number of benzene rings is 2. The van der Waals surface area contributed by atoms with Crippen molar-refractivity contribution in [1.82, 2.24) is 14.1 Å². The van der Waals surface area contributed by atoms with Crippen molar-refractivity contribution in [2.24, 2.45) is 16.5 Å². The van der Waals surface area contributed by atoms with Gasteiger partial charge in [-0.15, -0.1) is 0 Å². The van der Waals surface area contributed by atoms with Gasteiger partial charge in [0, 0.05) is 59.7 Å². The van der Waals surface area contributed by atoms with Gasteiger partial charge >= 0.3 is 0 Å². The minimum Gasteiger partial charge on any atom is -0.404 e. The number of allylic oxidation sites excluding steroid dienone is 1. The molecule has 4 aromatic rings. The molecule has 0 fully saturated rings. The van der Waals surface area contributed by atoms with E-state index < -0.39 is 5.91 Å². The highest BCUT2D eigenvalue weighted by molar-refractivity contribution is 6.08. The molecule has 0 bridgehead atoms. The molecule has 0 aliphatic carbocycles. The Hall–Kier alpha value is -4.33. The molecule has 0 atom stereocenters. The van der Waals surface area contributed by atoms with Crippen LogP contribution in [0, 0.1) is 0 Å². The first kappa shape index (κ1) is 24.8. The SMILES string of the molecule is CCc1cn(-c2ccc(C(N)=O)c(NC(C)(C)C)c2)c2cccc(-n3cnc(C(C=NC)=CN)c3)c12. The zero-order chi connectivity index (χ0) is 26.0. The number of aryl methyl sites for hydroxylation is 1. The van der Waals surface area contributed by atoms with Crippen LogP contribution in [-0.4, -0.2) is 38.8 Å². The van der Waals surface area contributed by atoms with Crippen LogP contribution in [-0.2, 0) is 6.42 Å². The molecule has 186 valence electrons. The van der Waals surface area contributed by atoms with Crippen LogP contribution in [0.25, 0.3) is 27.9 Å². The molecule has 8 nitrogen and oxygen atoms in total. The summed E-state index contributed by atoms with van der Waals surface area (Å²) >= 11 is 0. The van der Waals surface area contributed by atoms with Gasteiger partial charge in [-0.25, -0.2) is 4.98 Å². The van der Waals surface area contributed by atoms with E-state index in [1.54, 1.807) is 25.7 Å². The number of fused-ring (bicyclic) bond motifs is 1. The lowest BCUT2D eigenvalue weighted by molar-refractivity contribution is 0.100. The third-order valence-electron chi connectivity index (χ3n) is 5.93. The zero-order valence-electron chi connectivity index (χ0n) is 21.4. The van der Waals surface area contributed by atoms with Crippen LogP contribution in [0.2, 0.25) is 0 Å². The maximum atomic E-state index is 12.1. The van der Waals surface area contributed by atoms with Gasteiger partial charge in [0.05, 0.1) is 28.8 Å². The molecule has 5 N–H and O–H groups in total. The summed E-state index contributed by atoms with van der Waals surface area (Å²) in [5, 5.41) is 4.56. The number of nitrogens with zero attached hydrogens (tertiary/aromatic N) is 4. The van der Waals surface area contributed by atoms with Gasteiger partial charge in [-0.05, 0) is 63.1 Å². The number of hydrogen-bond donors (Lipinski definition) is 3. The zero-order valence-corrected chi connectivity index (χ0v) is 21.4. The Morgan fingerprint density at radius 1 is 1.19 bits per heavy atom. The molecule has 0 radical (unpaired) electrons. The van der Waals surface area contributed by atoms with Gasteiger partial charge in [-0.1, -0.05) is 13.0 Å². The quantitative estimate of drug-likeness (QED) is 0.331. The van der Waals surface area contributed by atoms with E-state index in [0.717, 1.165) is 40.0 Å². The molecule has 8 heteroatoms. The average Bonchev–Trinajstić information content (AvgIpc) is 3.46. The lowest BCUT2D eigenvalue weighted by Gasteiger charge is -2.24. The van der Waals surface area contributed by atoms with E-state index in [1.807, 2.05) is 49.7 Å². The number of anilines is 1. The topological polar surface area (TPSA) is 116 Å². The first-order valence-corrected chi connectivity index (χ1v) is 11.9. The van der Waals surface area contributed by atoms with Gasteiger partial charge in [0.2, 0.25) is 0 Å². The summed E-state index contributed by atoms with van der Waals surface area (Å²) in [6.45, 7) is 8.29. The summed E-state index contributed by atoms with van der Waals surface area (Å²) in [6, 6.07) is 11.9. The molecule has 2 aromatic heterocycles. The summed E-state index contributed by atoms with van der Waals surface area (Å²) in [5.41, 5.74) is 18.1. The van der Waals surface area contributed by atoms with Crippen molar-refractivity contribution in [3.8, 4) is 11.4 Å². The van der Waals surface area contributed by atoms with Gasteiger partial charge in [0.1, 0.15) is 0 Å². The second kappa shape index (κ2) is 9.73. The van der Waals surface area contributed by atoms with Crippen molar-refractivity contribution in [1.29, 1.82) is 0 Å². The number of imidazole rings is 1. The molecule has 0 unspecified atom stereocenters. The van der Waals surface area contributed by atoms with Crippen LogP contribution in [0.15, 0.2) is 66.3 Å². The Balaban J connectivity index is 1.88. The molecule has 4 rings (SSSR count). The first-order valence-electron chi connectivity index (χ1n) is 11.9. The predicted octanol–water partition coefficient (Wildman–Crippen LogP) is 4.69. The highest BCUT2D eigenvalue weighted by Gasteiger charge is 2.19. The standard InChI is InChI=1S/C28H33N7O/c1-6-18-15-35(20-10-11-21(27(30)36)22(12-20)33-28(2,3)4)25-9-7-8-24(26(18)25)34-16-23(32-17-34)19(13-29)14-31-5/h7-17,33H,6,29H2,1-5H3,(H2,30,36). The summed E-state index contributed by atoms with van der Waals surface area (Å²) in [6.07, 6.45) is 9.96. The molecule has 0 aliphatic heterocycles. The van der Waals surface area contributed by atoms with E-state index in [-0.39, 0.29) is 5.54 Å². The van der Waals surface area contributed by atoms with Crippen LogP contribution in [0.1, 0.15) is 49.3 Å². The Bertz CT molecular complexity index is 1480. The molecule has 0 saturated heterocycles. The van der Waals surface area contributed by atoms with Crippen molar-refractivity contribution in [3.63, 3.8) is 0 Å². The number of aromatic nitrogens is 3. The number of nitrogens with one attached hydrogen (secondary N) is 1. The molecule has 36 heavy (non-hydrogen) atoms. The molecule has 0 aliphatic rings. The minimum absolute atomic E-state index is 0.234. The van der Waals surface area contributed by atoms with Gasteiger partial charge in [-0.2, -0.15) is 0 Å². The van der Waals surface area contributed by atoms with E-state index in [2.05, 4.69) is 45.1 Å². The van der Waals surface area contributed by atoms with Crippen LogP contribution >= 0.6 is 0 Å². The number of rotatable bonds is 7. The summed E-state index contributed by atoms with van der Waals surface area (Å²) in [7, 11) is 1.70. The average molecular weight is 484 g/mol. The number of carbonyl (C=O) groups is 1. The second-order valence-electron chi connectivity index (χ2n) is 9.69. The van der Waals surface area contributed by atoms with Crippen molar-refractivity contribution in [2.75, 3.05) is 12.4 Å². The Labute approximate surface area is 211 Å². The number of amides is 1. The van der Waals surface area contributed by atoms with Crippen LogP contribution in [0.3, 0.4) is 0 Å². The highest BCUT2D eigenvalue weighted by atomic mass is 16.1. The maximum Gasteiger partial charge on any atom is 0.250 e. The first-order chi connectivity index (χ1) is 17.2. The number of primary amides is 1. The van der Waals surface area contributed by atoms with Crippen molar-refractivity contribution in [3.05, 3.63) is 78.1 Å². The van der Waals surface area contributed by atoms with Gasteiger partial charge in [-0.3, -0.25) is 9.79 Å². The molecule has 2 aromatic carbocycles. The van der Waals surface area contributed by atoms with E-state index in [0.29, 0.717) is 11.3 Å². The normalized spacial score (nSPS) is 12.5. The summed E-state index contributed by atoms with van der Waals surface area (Å²) in [4.78, 5) is 20.7. The Morgan fingerprint density at radius 2 is 1.97 bits per heavy atom. The van der Waals surface area contributed by atoms with Gasteiger partial charge in [0.25, 0.3) is 5.91 Å². The number of aliphatic imine (C=N–C) groups is 1. The molecule has 0 saturated carbocycles. The number of carbonyl (C=O) groups excluding carboxylic acids is 1. The molecule has 2 heterocycles. The molecule has 0 spiro atoms. The molecular formula is C28H33N7O. The lowest BCUT2D eigenvalue weighted by atomic mass is 10.1. The second-order valence-corrected chi connectivity index (χ2v) is 9.69. The fourth-order valence-electron chi connectivity index (χ4n) is 4.39. The number of nitrogens with two attached hydrogens (primary N) is 2. The molecular weight excluding hydrogens is 450 g/mol. The highest BCUT2D eigenvalue weighted by Crippen LogP contribution is 2.33. The number of hydrogen-bond acceptors (Lipinski definition) is 5. The largest absolute Gasteiger partial charge is 0.404 e. The fraction of sp³-hybridized carbons (Fsp3) is 0.250. The van der Waals surface area contributed by atoms with E-state index in [4.69, 9.17) is 11.5 Å². The van der Waals surface area contributed by atoms with Crippen molar-refractivity contribution >= 4 is 34.3 Å². The molecule has 1 amide bonds. The van der Waals surface area contributed by atoms with Crippen LogP contribution in [0.5, 0.6) is 0 Å². The third-order valence-corrected chi connectivity index (χ3v) is 5.93. The van der Waals surface area contributed by atoms with Crippen LogP contribution in [0.4, 0.5) is 5.69 Å². The van der Waals surface area contributed by atoms with E-state index >= 15 is 0 Å². The van der Waals surface area contributed by atoms with Crippen molar-refractivity contribution < 1.29 is 4.79 Å². The van der Waals surface area contributed by atoms with E-state index in [9.17, 15) is 4.79 Å². The van der Waals surface area contributed by atoms with E-state index in [1.165, 1.54) is 11.8 Å². The third kappa shape index (κ3) is 4.75. The van der Waals surface area contributed by atoms with Gasteiger partial charge < -0.3 is 25.9 Å². The minimum atomic E-state index is -0.461. The van der Waals surface area contributed by atoms with Crippen LogP contribution < -0.4 is 16.8 Å². The van der Waals surface area contributed by atoms with Crippen molar-refractivity contribution in [2.45, 2.75) is 39.7 Å². The summed E-state index contributed by atoms with van der Waals surface area (Å²) in [5.74, 6) is -0.461. The monoisotopic (exact) mass is 483 g/mol. The Morgan fingerprint density at radius 3 is 2.61 bits per heavy atom. The summed E-state index contributed by atoms with van der Waals surface area (Å²) < 4.78 is 4.17. The van der Waals surface area contributed by atoms with Gasteiger partial charge in [0.15, 0.2) is 0 Å². The predicted molar refractivity (Wildman–Crippen MR) is 148 cm³/mol. The fourth-order valence-corrected chi connectivity index (χ4v) is 4.39. The maximum absolute atomic E-state index is 12.1.